The summed E-state index contributed by atoms with van der Waals surface area (Å²) in [7, 11) is -2.38. The highest BCUT2D eigenvalue weighted by molar-refractivity contribution is 7.89. The maximum absolute atomic E-state index is 12.9. The Balaban J connectivity index is 1.68. The van der Waals surface area contributed by atoms with Gasteiger partial charge in [0, 0.05) is 19.6 Å². The molecule has 168 valence electrons. The smallest absolute Gasteiger partial charge is 0.257 e. The first-order chi connectivity index (χ1) is 14.8. The van der Waals surface area contributed by atoms with Gasteiger partial charge in [-0.1, -0.05) is 17.7 Å². The maximum Gasteiger partial charge on any atom is 0.257 e. The Kier molecular flexibility index (Phi) is 7.53. The summed E-state index contributed by atoms with van der Waals surface area (Å²) in [4.78, 5) is 14.5. The molecular weight excluding hydrogens is 420 g/mol. The molecule has 0 unspecified atom stereocenters. The SMILES string of the molecule is COc1ccc(S(=O)(=O)NCCOc2ccc(C)cc2C)cc1C(=O)N1CCOCC1. The largest absolute Gasteiger partial charge is 0.496 e. The molecule has 0 saturated carbocycles. The zero-order valence-corrected chi connectivity index (χ0v) is 18.8. The molecule has 0 bridgehead atoms. The van der Waals surface area contributed by atoms with E-state index in [9.17, 15) is 13.2 Å². The van der Waals surface area contributed by atoms with Crippen molar-refractivity contribution in [1.82, 2.24) is 9.62 Å². The van der Waals surface area contributed by atoms with E-state index in [4.69, 9.17) is 14.2 Å². The molecule has 0 radical (unpaired) electrons. The van der Waals surface area contributed by atoms with Crippen LogP contribution in [0.3, 0.4) is 0 Å². The van der Waals surface area contributed by atoms with Crippen LogP contribution < -0.4 is 14.2 Å². The van der Waals surface area contributed by atoms with Crippen LogP contribution in [0.15, 0.2) is 41.3 Å². The van der Waals surface area contributed by atoms with Crippen LogP contribution in [0.5, 0.6) is 11.5 Å². The van der Waals surface area contributed by atoms with Crippen molar-refractivity contribution in [2.24, 2.45) is 0 Å². The van der Waals surface area contributed by atoms with Gasteiger partial charge in [-0.15, -0.1) is 0 Å². The lowest BCUT2D eigenvalue weighted by molar-refractivity contribution is 0.0300. The molecule has 1 heterocycles. The quantitative estimate of drug-likeness (QED) is 0.622. The van der Waals surface area contributed by atoms with E-state index >= 15 is 0 Å². The van der Waals surface area contributed by atoms with E-state index in [1.807, 2.05) is 32.0 Å². The minimum Gasteiger partial charge on any atom is -0.496 e. The summed E-state index contributed by atoms with van der Waals surface area (Å²) in [5, 5.41) is 0. The van der Waals surface area contributed by atoms with E-state index in [1.54, 1.807) is 4.90 Å². The van der Waals surface area contributed by atoms with E-state index in [-0.39, 0.29) is 29.5 Å². The molecule has 31 heavy (non-hydrogen) atoms. The topological polar surface area (TPSA) is 94.2 Å². The highest BCUT2D eigenvalue weighted by atomic mass is 32.2. The van der Waals surface area contributed by atoms with E-state index in [0.29, 0.717) is 37.8 Å². The molecule has 1 aliphatic heterocycles. The molecule has 1 saturated heterocycles. The molecule has 2 aromatic rings. The number of benzene rings is 2. The van der Waals surface area contributed by atoms with Crippen molar-refractivity contribution in [3.63, 3.8) is 0 Å². The van der Waals surface area contributed by atoms with Gasteiger partial charge in [-0.3, -0.25) is 4.79 Å². The number of amides is 1. The fourth-order valence-electron chi connectivity index (χ4n) is 3.34. The number of sulfonamides is 1. The minimum atomic E-state index is -3.82. The summed E-state index contributed by atoms with van der Waals surface area (Å²) in [5.74, 6) is 0.761. The third-order valence-electron chi connectivity index (χ3n) is 4.99. The van der Waals surface area contributed by atoms with Crippen LogP contribution in [0.25, 0.3) is 0 Å². The van der Waals surface area contributed by atoms with Crippen LogP contribution in [-0.4, -0.2) is 65.8 Å². The van der Waals surface area contributed by atoms with Crippen molar-refractivity contribution in [3.8, 4) is 11.5 Å². The number of carbonyl (C=O) groups excluding carboxylic acids is 1. The second-order valence-corrected chi connectivity index (χ2v) is 9.05. The lowest BCUT2D eigenvalue weighted by atomic mass is 10.1. The summed E-state index contributed by atoms with van der Waals surface area (Å²) >= 11 is 0. The lowest BCUT2D eigenvalue weighted by Crippen LogP contribution is -2.40. The summed E-state index contributed by atoms with van der Waals surface area (Å²) in [6, 6.07) is 10.1. The van der Waals surface area contributed by atoms with Crippen LogP contribution in [-0.2, 0) is 14.8 Å². The van der Waals surface area contributed by atoms with Crippen LogP contribution >= 0.6 is 0 Å². The first kappa shape index (κ1) is 23.1. The number of hydrogen-bond donors (Lipinski definition) is 1. The second-order valence-electron chi connectivity index (χ2n) is 7.28. The average Bonchev–Trinajstić information content (AvgIpc) is 2.77. The standard InChI is InChI=1S/C22H28N2O6S/c1-16-4-6-20(17(2)14-16)30-11-8-23-31(26,27)18-5-7-21(28-3)19(15-18)22(25)24-9-12-29-13-10-24/h4-7,14-15,23H,8-13H2,1-3H3. The van der Waals surface area contributed by atoms with Crippen molar-refractivity contribution in [2.75, 3.05) is 46.6 Å². The Labute approximate surface area is 183 Å². The van der Waals surface area contributed by atoms with Gasteiger partial charge in [0.2, 0.25) is 10.0 Å². The lowest BCUT2D eigenvalue weighted by Gasteiger charge is -2.27. The van der Waals surface area contributed by atoms with E-state index < -0.39 is 10.0 Å². The molecule has 9 heteroatoms. The van der Waals surface area contributed by atoms with E-state index in [0.717, 1.165) is 11.1 Å². The number of aryl methyl sites for hydroxylation is 2. The number of nitrogens with one attached hydrogen (secondary N) is 1. The molecule has 2 aromatic carbocycles. The van der Waals surface area contributed by atoms with Crippen molar-refractivity contribution >= 4 is 15.9 Å². The zero-order valence-electron chi connectivity index (χ0n) is 18.0. The fourth-order valence-corrected chi connectivity index (χ4v) is 4.38. The normalized spacial score (nSPS) is 14.4. The third-order valence-corrected chi connectivity index (χ3v) is 6.45. The Hall–Kier alpha value is -2.62. The van der Waals surface area contributed by atoms with Gasteiger partial charge in [0.05, 0.1) is 30.8 Å². The molecule has 0 aliphatic carbocycles. The average molecular weight is 449 g/mol. The predicted octanol–water partition coefficient (Wildman–Crippen LogP) is 2.14. The van der Waals surface area contributed by atoms with Crippen molar-refractivity contribution < 1.29 is 27.4 Å². The molecule has 0 aromatic heterocycles. The molecular formula is C22H28N2O6S. The van der Waals surface area contributed by atoms with E-state index in [1.165, 1.54) is 25.3 Å². The number of rotatable bonds is 8. The summed E-state index contributed by atoms with van der Waals surface area (Å²) in [6.45, 7) is 6.02. The predicted molar refractivity (Wildman–Crippen MR) is 116 cm³/mol. The summed E-state index contributed by atoms with van der Waals surface area (Å²) in [6.07, 6.45) is 0. The third kappa shape index (κ3) is 5.75. The molecule has 1 amide bonds. The number of hydrogen-bond acceptors (Lipinski definition) is 6. The van der Waals surface area contributed by atoms with Gasteiger partial charge >= 0.3 is 0 Å². The highest BCUT2D eigenvalue weighted by Crippen LogP contribution is 2.24. The first-order valence-electron chi connectivity index (χ1n) is 10.1. The number of morpholine rings is 1. The van der Waals surface area contributed by atoms with Crippen molar-refractivity contribution in [2.45, 2.75) is 18.7 Å². The van der Waals surface area contributed by atoms with Gasteiger partial charge < -0.3 is 19.1 Å². The highest BCUT2D eigenvalue weighted by Gasteiger charge is 2.24. The van der Waals surface area contributed by atoms with E-state index in [2.05, 4.69) is 4.72 Å². The molecule has 1 N–H and O–H groups in total. The van der Waals surface area contributed by atoms with Gasteiger partial charge in [-0.25, -0.2) is 13.1 Å². The Morgan fingerprint density at radius 3 is 2.48 bits per heavy atom. The van der Waals surface area contributed by atoms with Gasteiger partial charge in [0.15, 0.2) is 0 Å². The molecule has 0 spiro atoms. The minimum absolute atomic E-state index is 0.00331. The van der Waals surface area contributed by atoms with Crippen molar-refractivity contribution in [1.29, 1.82) is 0 Å². The van der Waals surface area contributed by atoms with Crippen LogP contribution in [0.1, 0.15) is 21.5 Å². The van der Waals surface area contributed by atoms with Gasteiger partial charge in [0.1, 0.15) is 18.1 Å². The van der Waals surface area contributed by atoms with Gasteiger partial charge in [0.25, 0.3) is 5.91 Å². The van der Waals surface area contributed by atoms with Crippen LogP contribution in [0.4, 0.5) is 0 Å². The van der Waals surface area contributed by atoms with Crippen LogP contribution in [0, 0.1) is 13.8 Å². The zero-order chi connectivity index (χ0) is 22.4. The monoisotopic (exact) mass is 448 g/mol. The Morgan fingerprint density at radius 2 is 1.81 bits per heavy atom. The molecule has 3 rings (SSSR count). The first-order valence-corrected chi connectivity index (χ1v) is 11.5. The Morgan fingerprint density at radius 1 is 1.10 bits per heavy atom. The number of ether oxygens (including phenoxy) is 3. The number of carbonyl (C=O) groups is 1. The summed E-state index contributed by atoms with van der Waals surface area (Å²) in [5.41, 5.74) is 2.33. The van der Waals surface area contributed by atoms with Crippen LogP contribution in [0.2, 0.25) is 0 Å². The Bertz CT molecular complexity index is 1030. The van der Waals surface area contributed by atoms with Gasteiger partial charge in [-0.2, -0.15) is 0 Å². The fraction of sp³-hybridized carbons (Fsp3) is 0.409. The van der Waals surface area contributed by atoms with Crippen molar-refractivity contribution in [3.05, 3.63) is 53.1 Å². The second kappa shape index (κ2) is 10.1. The molecule has 1 fully saturated rings. The maximum atomic E-state index is 12.9. The molecule has 1 aliphatic rings. The number of methoxy groups -OCH3 is 1. The molecule has 8 nitrogen and oxygen atoms in total. The van der Waals surface area contributed by atoms with Gasteiger partial charge in [-0.05, 0) is 43.7 Å². The number of nitrogens with zero attached hydrogens (tertiary/aromatic N) is 1. The summed E-state index contributed by atoms with van der Waals surface area (Å²) < 4.78 is 44.3. The molecule has 0 atom stereocenters.